The molecular weight excluding hydrogens is 323 g/mol. The zero-order chi connectivity index (χ0) is 18.0. The molecule has 0 saturated carbocycles. The maximum absolute atomic E-state index is 12.9. The number of imidazole rings is 1. The van der Waals surface area contributed by atoms with Gasteiger partial charge >= 0.3 is 0 Å². The first kappa shape index (κ1) is 16.9. The summed E-state index contributed by atoms with van der Waals surface area (Å²) >= 11 is 0. The maximum atomic E-state index is 12.9. The molecule has 0 radical (unpaired) electrons. The van der Waals surface area contributed by atoms with Gasteiger partial charge in [0, 0.05) is 6.07 Å². The molecule has 7 heteroatoms. The van der Waals surface area contributed by atoms with Gasteiger partial charge in [-0.05, 0) is 50.2 Å². The van der Waals surface area contributed by atoms with Gasteiger partial charge in [0.15, 0.2) is 0 Å². The normalized spacial score (nSPS) is 11.6. The third kappa shape index (κ3) is 3.95. The Bertz CT molecular complexity index is 903. The zero-order valence-electron chi connectivity index (χ0n) is 14.0. The lowest BCUT2D eigenvalue weighted by Gasteiger charge is -2.21. The van der Waals surface area contributed by atoms with Gasteiger partial charge in [-0.15, -0.1) is 0 Å². The summed E-state index contributed by atoms with van der Waals surface area (Å²) in [6.45, 7) is 3.80. The number of carbonyl (C=O) groups excluding carboxylic acids is 1. The van der Waals surface area contributed by atoms with Crippen LogP contribution in [0.1, 0.15) is 19.7 Å². The number of fused-ring (bicyclic) bond motifs is 1. The topological polar surface area (TPSA) is 93.0 Å². The summed E-state index contributed by atoms with van der Waals surface area (Å²) in [5.41, 5.74) is 6.09. The molecule has 1 amide bonds. The number of amides is 1. The van der Waals surface area contributed by atoms with Crippen LogP contribution in [0.2, 0.25) is 0 Å². The van der Waals surface area contributed by atoms with E-state index < -0.39 is 11.4 Å². The predicted molar refractivity (Wildman–Crippen MR) is 92.7 cm³/mol. The van der Waals surface area contributed by atoms with Crippen LogP contribution in [0.5, 0.6) is 11.5 Å². The molecule has 6 nitrogen and oxygen atoms in total. The molecule has 4 N–H and O–H groups in total. The first-order chi connectivity index (χ1) is 11.8. The molecule has 0 atom stereocenters. The quantitative estimate of drug-likeness (QED) is 0.642. The Kier molecular flexibility index (Phi) is 4.41. The summed E-state index contributed by atoms with van der Waals surface area (Å²) in [6.07, 6.45) is 0. The third-order valence-electron chi connectivity index (χ3n) is 3.87. The SMILES string of the molecule is CC(C)(NCc1nc2ccc(Oc3ccc(F)cc3)cc2[nH]1)C(N)=O. The summed E-state index contributed by atoms with van der Waals surface area (Å²) in [6, 6.07) is 11.2. The average Bonchev–Trinajstić information content (AvgIpc) is 2.97. The Hall–Kier alpha value is -2.93. The number of aromatic amines is 1. The molecule has 1 heterocycles. The highest BCUT2D eigenvalue weighted by molar-refractivity contribution is 5.83. The maximum Gasteiger partial charge on any atom is 0.237 e. The van der Waals surface area contributed by atoms with E-state index in [1.807, 2.05) is 12.1 Å². The molecule has 0 bridgehead atoms. The first-order valence-corrected chi connectivity index (χ1v) is 7.80. The van der Waals surface area contributed by atoms with Crippen LogP contribution >= 0.6 is 0 Å². The molecular formula is C18H19FN4O2. The Morgan fingerprint density at radius 3 is 2.60 bits per heavy atom. The molecule has 0 aliphatic heterocycles. The summed E-state index contributed by atoms with van der Waals surface area (Å²) < 4.78 is 18.6. The van der Waals surface area contributed by atoms with Crippen LogP contribution in [0.25, 0.3) is 11.0 Å². The number of rotatable bonds is 6. The molecule has 2 aromatic carbocycles. The monoisotopic (exact) mass is 342 g/mol. The van der Waals surface area contributed by atoms with Crippen LogP contribution in [0.15, 0.2) is 42.5 Å². The van der Waals surface area contributed by atoms with Crippen molar-refractivity contribution < 1.29 is 13.9 Å². The fraction of sp³-hybridized carbons (Fsp3) is 0.222. The van der Waals surface area contributed by atoms with E-state index in [2.05, 4.69) is 15.3 Å². The van der Waals surface area contributed by atoms with Crippen molar-refractivity contribution in [2.45, 2.75) is 25.9 Å². The van der Waals surface area contributed by atoms with Crippen molar-refractivity contribution in [2.24, 2.45) is 5.73 Å². The molecule has 130 valence electrons. The third-order valence-corrected chi connectivity index (χ3v) is 3.87. The number of nitrogens with one attached hydrogen (secondary N) is 2. The molecule has 0 aliphatic carbocycles. The number of nitrogens with two attached hydrogens (primary N) is 1. The highest BCUT2D eigenvalue weighted by Crippen LogP contribution is 2.25. The number of aromatic nitrogens is 2. The number of carbonyl (C=O) groups is 1. The second-order valence-electron chi connectivity index (χ2n) is 6.26. The molecule has 0 spiro atoms. The van der Waals surface area contributed by atoms with Gasteiger partial charge in [0.05, 0.1) is 23.1 Å². The van der Waals surface area contributed by atoms with E-state index in [0.717, 1.165) is 11.0 Å². The molecule has 0 aliphatic rings. The Labute approximate surface area is 144 Å². The molecule has 0 fully saturated rings. The summed E-state index contributed by atoms with van der Waals surface area (Å²) in [5, 5.41) is 3.06. The minimum Gasteiger partial charge on any atom is -0.457 e. The number of H-pyrrole nitrogens is 1. The fourth-order valence-electron chi connectivity index (χ4n) is 2.22. The Balaban J connectivity index is 1.75. The average molecular weight is 342 g/mol. The van der Waals surface area contributed by atoms with Gasteiger partial charge in [-0.25, -0.2) is 9.37 Å². The van der Waals surface area contributed by atoms with E-state index in [1.165, 1.54) is 12.1 Å². The van der Waals surface area contributed by atoms with Crippen molar-refractivity contribution in [1.82, 2.24) is 15.3 Å². The summed E-state index contributed by atoms with van der Waals surface area (Å²) in [5.74, 6) is 1.10. The van der Waals surface area contributed by atoms with Crippen LogP contribution in [0.3, 0.4) is 0 Å². The van der Waals surface area contributed by atoms with Crippen molar-refractivity contribution in [3.8, 4) is 11.5 Å². The number of benzene rings is 2. The van der Waals surface area contributed by atoms with Crippen LogP contribution in [0, 0.1) is 5.82 Å². The summed E-state index contributed by atoms with van der Waals surface area (Å²) in [7, 11) is 0. The predicted octanol–water partition coefficient (Wildman–Crippen LogP) is 2.85. The highest BCUT2D eigenvalue weighted by Gasteiger charge is 2.24. The summed E-state index contributed by atoms with van der Waals surface area (Å²) in [4.78, 5) is 19.0. The van der Waals surface area contributed by atoms with Gasteiger partial charge in [0.1, 0.15) is 23.1 Å². The Morgan fingerprint density at radius 2 is 1.92 bits per heavy atom. The van der Waals surface area contributed by atoms with E-state index in [9.17, 15) is 9.18 Å². The fourth-order valence-corrected chi connectivity index (χ4v) is 2.22. The van der Waals surface area contributed by atoms with Crippen LogP contribution < -0.4 is 15.8 Å². The number of ether oxygens (including phenoxy) is 1. The van der Waals surface area contributed by atoms with E-state index in [0.29, 0.717) is 23.9 Å². The zero-order valence-corrected chi connectivity index (χ0v) is 14.0. The highest BCUT2D eigenvalue weighted by atomic mass is 19.1. The number of primary amides is 1. The van der Waals surface area contributed by atoms with Crippen molar-refractivity contribution in [2.75, 3.05) is 0 Å². The number of halogens is 1. The number of nitrogens with zero attached hydrogens (tertiary/aromatic N) is 1. The van der Waals surface area contributed by atoms with Gasteiger partial charge in [-0.2, -0.15) is 0 Å². The van der Waals surface area contributed by atoms with Crippen molar-refractivity contribution in [3.05, 3.63) is 54.1 Å². The van der Waals surface area contributed by atoms with Gasteiger partial charge in [-0.3, -0.25) is 10.1 Å². The second-order valence-corrected chi connectivity index (χ2v) is 6.26. The molecule has 3 aromatic rings. The molecule has 0 saturated heterocycles. The molecule has 1 aromatic heterocycles. The van der Waals surface area contributed by atoms with Crippen molar-refractivity contribution >= 4 is 16.9 Å². The number of hydrogen-bond donors (Lipinski definition) is 3. The largest absolute Gasteiger partial charge is 0.457 e. The molecule has 3 rings (SSSR count). The molecule has 0 unspecified atom stereocenters. The van der Waals surface area contributed by atoms with E-state index in [1.54, 1.807) is 32.0 Å². The standard InChI is InChI=1S/C18H19FN4O2/c1-18(2,17(20)24)21-10-16-22-14-8-7-13(9-15(14)23-16)25-12-5-3-11(19)4-6-12/h3-9,21H,10H2,1-2H3,(H2,20,24)(H,22,23). The minimum absolute atomic E-state index is 0.313. The van der Waals surface area contributed by atoms with E-state index >= 15 is 0 Å². The van der Waals surface area contributed by atoms with Crippen LogP contribution in [-0.4, -0.2) is 21.4 Å². The van der Waals surface area contributed by atoms with Gasteiger partial charge < -0.3 is 15.5 Å². The molecule has 25 heavy (non-hydrogen) atoms. The lowest BCUT2D eigenvalue weighted by Crippen LogP contribution is -2.50. The second kappa shape index (κ2) is 6.52. The van der Waals surface area contributed by atoms with E-state index in [4.69, 9.17) is 10.5 Å². The first-order valence-electron chi connectivity index (χ1n) is 7.80. The lowest BCUT2D eigenvalue weighted by molar-refractivity contribution is -0.123. The van der Waals surface area contributed by atoms with Gasteiger partial charge in [0.2, 0.25) is 5.91 Å². The van der Waals surface area contributed by atoms with Gasteiger partial charge in [0.25, 0.3) is 0 Å². The van der Waals surface area contributed by atoms with E-state index in [-0.39, 0.29) is 5.82 Å². The van der Waals surface area contributed by atoms with Crippen LogP contribution in [0.4, 0.5) is 4.39 Å². The number of hydrogen-bond acceptors (Lipinski definition) is 4. The van der Waals surface area contributed by atoms with Crippen molar-refractivity contribution in [1.29, 1.82) is 0 Å². The van der Waals surface area contributed by atoms with Gasteiger partial charge in [-0.1, -0.05) is 0 Å². The smallest absolute Gasteiger partial charge is 0.237 e. The van der Waals surface area contributed by atoms with Crippen molar-refractivity contribution in [3.63, 3.8) is 0 Å². The lowest BCUT2D eigenvalue weighted by atomic mass is 10.1. The minimum atomic E-state index is -0.824. The Morgan fingerprint density at radius 1 is 1.24 bits per heavy atom. The van der Waals surface area contributed by atoms with Crippen LogP contribution in [-0.2, 0) is 11.3 Å².